The highest BCUT2D eigenvalue weighted by Crippen LogP contribution is 2.32. The summed E-state index contributed by atoms with van der Waals surface area (Å²) in [6.45, 7) is 5.66. The van der Waals surface area contributed by atoms with Crippen LogP contribution in [0.4, 0.5) is 0 Å². The van der Waals surface area contributed by atoms with Gasteiger partial charge in [0.1, 0.15) is 12.8 Å². The minimum atomic E-state index is -0.496. The minimum absolute atomic E-state index is 0.0330. The Morgan fingerprint density at radius 1 is 1.46 bits per heavy atom. The largest absolute Gasteiger partial charge is 0.472 e. The van der Waals surface area contributed by atoms with E-state index in [2.05, 4.69) is 10.1 Å². The fourth-order valence-corrected chi connectivity index (χ4v) is 2.93. The van der Waals surface area contributed by atoms with E-state index in [1.54, 1.807) is 6.07 Å². The molecule has 0 bridgehead atoms. The van der Waals surface area contributed by atoms with Crippen LogP contribution >= 0.6 is 11.8 Å². The molecule has 2 aromatic heterocycles. The SMILES string of the molecule is CC(C)(C)C(=O)/C=C1/SCC(=O)N1Cc1nc(-c2ccoc2)no1. The van der Waals surface area contributed by atoms with Gasteiger partial charge in [0.2, 0.25) is 17.6 Å². The number of nitrogens with zero attached hydrogens (tertiary/aromatic N) is 3. The Hall–Kier alpha value is -2.35. The smallest absolute Gasteiger partial charge is 0.247 e. The highest BCUT2D eigenvalue weighted by Gasteiger charge is 2.30. The van der Waals surface area contributed by atoms with Crippen LogP contribution in [0.15, 0.2) is 38.6 Å². The first-order valence-corrected chi connectivity index (χ1v) is 8.37. The number of thioether (sulfide) groups is 1. The zero-order valence-corrected chi connectivity index (χ0v) is 14.4. The van der Waals surface area contributed by atoms with Gasteiger partial charge in [0, 0.05) is 11.5 Å². The van der Waals surface area contributed by atoms with Crippen LogP contribution in [0.1, 0.15) is 26.7 Å². The van der Waals surface area contributed by atoms with E-state index in [4.69, 9.17) is 8.94 Å². The van der Waals surface area contributed by atoms with Gasteiger partial charge in [-0.2, -0.15) is 4.98 Å². The van der Waals surface area contributed by atoms with Gasteiger partial charge in [-0.3, -0.25) is 14.5 Å². The molecular formula is C16H17N3O4S. The van der Waals surface area contributed by atoms with Crippen LogP contribution in [-0.2, 0) is 16.1 Å². The molecule has 2 aromatic rings. The molecule has 1 aliphatic heterocycles. The first-order chi connectivity index (χ1) is 11.3. The lowest BCUT2D eigenvalue weighted by Crippen LogP contribution is -2.26. The second-order valence-electron chi connectivity index (χ2n) is 6.39. The minimum Gasteiger partial charge on any atom is -0.472 e. The maximum absolute atomic E-state index is 12.2. The van der Waals surface area contributed by atoms with Gasteiger partial charge in [-0.1, -0.05) is 37.7 Å². The van der Waals surface area contributed by atoms with Gasteiger partial charge in [-0.25, -0.2) is 0 Å². The molecule has 0 saturated carbocycles. The molecule has 3 heterocycles. The monoisotopic (exact) mass is 347 g/mol. The zero-order chi connectivity index (χ0) is 17.3. The number of amides is 1. The summed E-state index contributed by atoms with van der Waals surface area (Å²) in [4.78, 5) is 30.1. The number of ketones is 1. The molecule has 1 amide bonds. The van der Waals surface area contributed by atoms with Crippen LogP contribution in [0, 0.1) is 5.41 Å². The van der Waals surface area contributed by atoms with Gasteiger partial charge < -0.3 is 8.94 Å². The molecule has 3 rings (SSSR count). The normalized spacial score (nSPS) is 17.0. The fourth-order valence-electron chi connectivity index (χ4n) is 1.99. The summed E-state index contributed by atoms with van der Waals surface area (Å²) >= 11 is 1.34. The van der Waals surface area contributed by atoms with Gasteiger partial charge in [0.15, 0.2) is 5.78 Å². The van der Waals surface area contributed by atoms with Crippen molar-refractivity contribution in [2.45, 2.75) is 27.3 Å². The quantitative estimate of drug-likeness (QED) is 0.786. The van der Waals surface area contributed by atoms with Crippen molar-refractivity contribution < 1.29 is 18.5 Å². The van der Waals surface area contributed by atoms with Gasteiger partial charge in [-0.05, 0) is 6.07 Å². The molecule has 1 fully saturated rings. The van der Waals surface area contributed by atoms with Crippen molar-refractivity contribution in [1.29, 1.82) is 0 Å². The Balaban J connectivity index is 1.78. The van der Waals surface area contributed by atoms with Gasteiger partial charge in [0.25, 0.3) is 0 Å². The van der Waals surface area contributed by atoms with Crippen LogP contribution in [0.5, 0.6) is 0 Å². The molecule has 126 valence electrons. The van der Waals surface area contributed by atoms with Gasteiger partial charge in [-0.15, -0.1) is 0 Å². The molecule has 0 unspecified atom stereocenters. The van der Waals surface area contributed by atoms with E-state index in [1.807, 2.05) is 20.8 Å². The first kappa shape index (κ1) is 16.5. The van der Waals surface area contributed by atoms with E-state index in [1.165, 1.54) is 35.3 Å². The van der Waals surface area contributed by atoms with Crippen LogP contribution < -0.4 is 0 Å². The molecule has 1 saturated heterocycles. The summed E-state index contributed by atoms with van der Waals surface area (Å²) in [5.41, 5.74) is 0.204. The van der Waals surface area contributed by atoms with Crippen molar-refractivity contribution >= 4 is 23.5 Å². The zero-order valence-electron chi connectivity index (χ0n) is 13.6. The molecule has 0 aromatic carbocycles. The van der Waals surface area contributed by atoms with Crippen LogP contribution in [0.25, 0.3) is 11.4 Å². The number of allylic oxidation sites excluding steroid dienone is 1. The predicted octanol–water partition coefficient (Wildman–Crippen LogP) is 2.86. The van der Waals surface area contributed by atoms with E-state index >= 15 is 0 Å². The Labute approximate surface area is 143 Å². The first-order valence-electron chi connectivity index (χ1n) is 7.39. The second kappa shape index (κ2) is 6.27. The molecular weight excluding hydrogens is 330 g/mol. The topological polar surface area (TPSA) is 89.4 Å². The summed E-state index contributed by atoms with van der Waals surface area (Å²) < 4.78 is 10.2. The van der Waals surface area contributed by atoms with E-state index < -0.39 is 5.41 Å². The molecule has 7 nitrogen and oxygen atoms in total. The number of aromatic nitrogens is 2. The van der Waals surface area contributed by atoms with E-state index in [9.17, 15) is 9.59 Å². The van der Waals surface area contributed by atoms with Crippen molar-refractivity contribution in [3.8, 4) is 11.4 Å². The Bertz CT molecular complexity index is 787. The number of carbonyl (C=O) groups excluding carboxylic acids is 2. The summed E-state index contributed by atoms with van der Waals surface area (Å²) in [7, 11) is 0. The maximum atomic E-state index is 12.2. The summed E-state index contributed by atoms with van der Waals surface area (Å²) in [5.74, 6) is 0.877. The number of furan rings is 1. The highest BCUT2D eigenvalue weighted by molar-refractivity contribution is 8.04. The number of hydrogen-bond acceptors (Lipinski definition) is 7. The number of rotatable bonds is 4. The molecule has 0 spiro atoms. The highest BCUT2D eigenvalue weighted by atomic mass is 32.2. The molecule has 0 N–H and O–H groups in total. The Kier molecular flexibility index (Phi) is 4.31. The molecule has 24 heavy (non-hydrogen) atoms. The maximum Gasteiger partial charge on any atom is 0.247 e. The van der Waals surface area contributed by atoms with Crippen molar-refractivity contribution in [2.24, 2.45) is 5.41 Å². The van der Waals surface area contributed by atoms with E-state index in [0.29, 0.717) is 28.1 Å². The lowest BCUT2D eigenvalue weighted by atomic mass is 9.91. The third-order valence-electron chi connectivity index (χ3n) is 3.45. The lowest BCUT2D eigenvalue weighted by molar-refractivity contribution is -0.126. The molecule has 0 radical (unpaired) electrons. The predicted molar refractivity (Wildman–Crippen MR) is 87.6 cm³/mol. The van der Waals surface area contributed by atoms with Crippen molar-refractivity contribution in [1.82, 2.24) is 15.0 Å². The summed E-state index contributed by atoms with van der Waals surface area (Å²) in [6, 6.07) is 1.72. The summed E-state index contributed by atoms with van der Waals surface area (Å²) in [5, 5.41) is 4.49. The number of carbonyl (C=O) groups is 2. The molecule has 0 aliphatic carbocycles. The van der Waals surface area contributed by atoms with E-state index in [-0.39, 0.29) is 18.2 Å². The molecule has 1 aliphatic rings. The standard InChI is InChI=1S/C16H17N3O4S/c1-16(2,3)11(20)6-14-19(13(21)9-24-14)7-12-17-15(18-23-12)10-4-5-22-8-10/h4-6,8H,7,9H2,1-3H3/b14-6+. The fraction of sp³-hybridized carbons (Fsp3) is 0.375. The lowest BCUT2D eigenvalue weighted by Gasteiger charge is -2.17. The average Bonchev–Trinajstić information content (AvgIpc) is 3.22. The third-order valence-corrected chi connectivity index (χ3v) is 4.47. The average molecular weight is 347 g/mol. The summed E-state index contributed by atoms with van der Waals surface area (Å²) in [6.07, 6.45) is 4.55. The van der Waals surface area contributed by atoms with Gasteiger partial charge >= 0.3 is 0 Å². The Morgan fingerprint density at radius 2 is 2.25 bits per heavy atom. The number of hydrogen-bond donors (Lipinski definition) is 0. The van der Waals surface area contributed by atoms with Crippen molar-refractivity contribution in [3.05, 3.63) is 35.6 Å². The van der Waals surface area contributed by atoms with Crippen molar-refractivity contribution in [2.75, 3.05) is 5.75 Å². The van der Waals surface area contributed by atoms with E-state index in [0.717, 1.165) is 0 Å². The van der Waals surface area contributed by atoms with Crippen LogP contribution in [0.3, 0.4) is 0 Å². The van der Waals surface area contributed by atoms with Crippen molar-refractivity contribution in [3.63, 3.8) is 0 Å². The second-order valence-corrected chi connectivity index (χ2v) is 7.38. The Morgan fingerprint density at radius 3 is 2.92 bits per heavy atom. The third kappa shape index (κ3) is 3.43. The van der Waals surface area contributed by atoms with Gasteiger partial charge in [0.05, 0.1) is 22.6 Å². The molecule has 8 heteroatoms. The van der Waals surface area contributed by atoms with Crippen LogP contribution in [-0.4, -0.2) is 32.5 Å². The molecule has 0 atom stereocenters. The van der Waals surface area contributed by atoms with Crippen LogP contribution in [0.2, 0.25) is 0 Å².